The number of imide groups is 1. The summed E-state index contributed by atoms with van der Waals surface area (Å²) in [5, 5.41) is 2.85. The minimum atomic E-state index is -0.496. The van der Waals surface area contributed by atoms with Crippen molar-refractivity contribution in [2.24, 2.45) is 0 Å². The molecule has 0 aliphatic carbocycles. The Morgan fingerprint density at radius 1 is 1.08 bits per heavy atom. The zero-order valence-corrected chi connectivity index (χ0v) is 13.5. The molecule has 0 fully saturated rings. The number of aromatic nitrogens is 2. The van der Waals surface area contributed by atoms with Crippen LogP contribution in [-0.4, -0.2) is 33.2 Å². The fourth-order valence-corrected chi connectivity index (χ4v) is 2.38. The van der Waals surface area contributed by atoms with Gasteiger partial charge in [-0.15, -0.1) is 0 Å². The summed E-state index contributed by atoms with van der Waals surface area (Å²) < 4.78 is 0. The number of anilines is 1. The first kappa shape index (κ1) is 15.8. The highest BCUT2D eigenvalue weighted by molar-refractivity contribution is 6.33. The predicted octanol–water partition coefficient (Wildman–Crippen LogP) is 1.81. The summed E-state index contributed by atoms with van der Waals surface area (Å²) in [6, 6.07) is 6.27. The molecule has 3 rings (SSSR count). The van der Waals surface area contributed by atoms with Crippen molar-refractivity contribution >= 4 is 23.4 Å². The number of carbonyl (C=O) groups is 3. The van der Waals surface area contributed by atoms with E-state index in [1.165, 1.54) is 12.5 Å². The number of rotatable bonds is 2. The summed E-state index contributed by atoms with van der Waals surface area (Å²) in [6.45, 7) is 5.66. The fraction of sp³-hybridized carbons (Fsp3) is 0.235. The van der Waals surface area contributed by atoms with Crippen molar-refractivity contribution in [1.82, 2.24) is 15.3 Å². The Bertz CT molecular complexity index is 803. The van der Waals surface area contributed by atoms with Gasteiger partial charge in [0.2, 0.25) is 0 Å². The number of fused-ring (bicyclic) bond motifs is 1. The van der Waals surface area contributed by atoms with Gasteiger partial charge in [-0.2, -0.15) is 0 Å². The molecular weight excluding hydrogens is 308 g/mol. The number of amides is 3. The Kier molecular flexibility index (Phi) is 3.63. The van der Waals surface area contributed by atoms with Gasteiger partial charge in [0, 0.05) is 17.3 Å². The quantitative estimate of drug-likeness (QED) is 0.851. The van der Waals surface area contributed by atoms with Gasteiger partial charge in [0.05, 0.1) is 11.3 Å². The maximum Gasteiger partial charge on any atom is 0.284 e. The lowest BCUT2D eigenvalue weighted by Crippen LogP contribution is -2.40. The van der Waals surface area contributed by atoms with Crippen molar-refractivity contribution in [3.05, 3.63) is 53.6 Å². The third-order valence-corrected chi connectivity index (χ3v) is 3.43. The molecule has 3 amide bonds. The van der Waals surface area contributed by atoms with Gasteiger partial charge in [-0.3, -0.25) is 14.4 Å². The molecule has 0 bridgehead atoms. The maximum atomic E-state index is 12.4. The molecule has 24 heavy (non-hydrogen) atoms. The molecule has 0 radical (unpaired) electrons. The highest BCUT2D eigenvalue weighted by Crippen LogP contribution is 2.26. The number of hydrogen-bond donors (Lipinski definition) is 1. The van der Waals surface area contributed by atoms with Crippen molar-refractivity contribution in [3.63, 3.8) is 0 Å². The van der Waals surface area contributed by atoms with Crippen LogP contribution in [-0.2, 0) is 0 Å². The van der Waals surface area contributed by atoms with Gasteiger partial charge in [-0.05, 0) is 45.0 Å². The molecule has 0 spiro atoms. The van der Waals surface area contributed by atoms with E-state index in [9.17, 15) is 14.4 Å². The SMILES string of the molecule is CC(C)(C)NC(=O)c1ccc(N2C(=O)c3cncnc3C2=O)cc1. The lowest BCUT2D eigenvalue weighted by Gasteiger charge is -2.20. The third-order valence-electron chi connectivity index (χ3n) is 3.43. The summed E-state index contributed by atoms with van der Waals surface area (Å²) in [7, 11) is 0. The molecule has 0 unspecified atom stereocenters. The van der Waals surface area contributed by atoms with E-state index < -0.39 is 11.8 Å². The predicted molar refractivity (Wildman–Crippen MR) is 86.8 cm³/mol. The van der Waals surface area contributed by atoms with Crippen LogP contribution in [0.1, 0.15) is 52.0 Å². The van der Waals surface area contributed by atoms with Gasteiger partial charge in [-0.25, -0.2) is 14.9 Å². The van der Waals surface area contributed by atoms with E-state index >= 15 is 0 Å². The van der Waals surface area contributed by atoms with Crippen molar-refractivity contribution in [2.45, 2.75) is 26.3 Å². The molecule has 1 aromatic carbocycles. The fourth-order valence-electron chi connectivity index (χ4n) is 2.38. The van der Waals surface area contributed by atoms with Gasteiger partial charge in [-0.1, -0.05) is 0 Å². The maximum absolute atomic E-state index is 12.4. The molecule has 1 aliphatic heterocycles. The van der Waals surface area contributed by atoms with Crippen LogP contribution in [0.25, 0.3) is 0 Å². The second-order valence-corrected chi connectivity index (χ2v) is 6.48. The van der Waals surface area contributed by atoms with Crippen LogP contribution in [0.15, 0.2) is 36.8 Å². The molecule has 2 aromatic rings. The summed E-state index contributed by atoms with van der Waals surface area (Å²) in [5.41, 5.74) is 0.749. The summed E-state index contributed by atoms with van der Waals surface area (Å²) >= 11 is 0. The molecule has 0 atom stereocenters. The van der Waals surface area contributed by atoms with E-state index in [1.54, 1.807) is 24.3 Å². The summed E-state index contributed by atoms with van der Waals surface area (Å²) in [5.74, 6) is -1.19. The number of benzene rings is 1. The Hall–Kier alpha value is -3.09. The van der Waals surface area contributed by atoms with E-state index in [-0.39, 0.29) is 22.7 Å². The molecule has 0 saturated carbocycles. The number of hydrogen-bond acceptors (Lipinski definition) is 5. The average Bonchev–Trinajstić information content (AvgIpc) is 2.78. The zero-order valence-electron chi connectivity index (χ0n) is 13.5. The molecule has 7 heteroatoms. The summed E-state index contributed by atoms with van der Waals surface area (Å²) in [6.07, 6.45) is 2.56. The molecule has 122 valence electrons. The van der Waals surface area contributed by atoms with E-state index in [2.05, 4.69) is 15.3 Å². The topological polar surface area (TPSA) is 92.3 Å². The Morgan fingerprint density at radius 3 is 2.33 bits per heavy atom. The smallest absolute Gasteiger partial charge is 0.284 e. The third kappa shape index (κ3) is 2.76. The molecule has 2 heterocycles. The largest absolute Gasteiger partial charge is 0.347 e. The van der Waals surface area contributed by atoms with Gasteiger partial charge >= 0.3 is 0 Å². The van der Waals surface area contributed by atoms with Crippen molar-refractivity contribution < 1.29 is 14.4 Å². The molecule has 1 aliphatic rings. The highest BCUT2D eigenvalue weighted by atomic mass is 16.2. The van der Waals surface area contributed by atoms with Crippen molar-refractivity contribution in [2.75, 3.05) is 4.90 Å². The van der Waals surface area contributed by atoms with Crippen LogP contribution in [0.5, 0.6) is 0 Å². The van der Waals surface area contributed by atoms with E-state index in [4.69, 9.17) is 0 Å². The lowest BCUT2D eigenvalue weighted by atomic mass is 10.1. The minimum absolute atomic E-state index is 0.0875. The van der Waals surface area contributed by atoms with E-state index in [1.807, 2.05) is 20.8 Å². The van der Waals surface area contributed by atoms with Crippen LogP contribution in [0.2, 0.25) is 0 Å². The standard InChI is InChI=1S/C17H16N4O3/c1-17(2,3)20-14(22)10-4-6-11(7-5-10)21-15(23)12-8-18-9-19-13(12)16(21)24/h4-9H,1-3H3,(H,20,22). The molecule has 0 saturated heterocycles. The van der Waals surface area contributed by atoms with Gasteiger partial charge in [0.25, 0.3) is 17.7 Å². The number of nitrogens with one attached hydrogen (secondary N) is 1. The molecule has 1 aromatic heterocycles. The van der Waals surface area contributed by atoms with Gasteiger partial charge < -0.3 is 5.32 Å². The van der Waals surface area contributed by atoms with E-state index in [0.717, 1.165) is 4.90 Å². The van der Waals surface area contributed by atoms with E-state index in [0.29, 0.717) is 11.3 Å². The number of nitrogens with zero attached hydrogens (tertiary/aromatic N) is 3. The minimum Gasteiger partial charge on any atom is -0.347 e. The van der Waals surface area contributed by atoms with Crippen LogP contribution >= 0.6 is 0 Å². The first-order chi connectivity index (χ1) is 11.3. The summed E-state index contributed by atoms with van der Waals surface area (Å²) in [4.78, 5) is 45.5. The average molecular weight is 324 g/mol. The normalized spacial score (nSPS) is 13.9. The Balaban J connectivity index is 1.86. The van der Waals surface area contributed by atoms with Crippen LogP contribution < -0.4 is 10.2 Å². The highest BCUT2D eigenvalue weighted by Gasteiger charge is 2.38. The molecule has 7 nitrogen and oxygen atoms in total. The monoisotopic (exact) mass is 324 g/mol. The molecular formula is C17H16N4O3. The van der Waals surface area contributed by atoms with Crippen LogP contribution in [0.4, 0.5) is 5.69 Å². The van der Waals surface area contributed by atoms with Crippen LogP contribution in [0, 0.1) is 0 Å². The van der Waals surface area contributed by atoms with Crippen LogP contribution in [0.3, 0.4) is 0 Å². The second-order valence-electron chi connectivity index (χ2n) is 6.48. The van der Waals surface area contributed by atoms with Crippen molar-refractivity contribution in [1.29, 1.82) is 0 Å². The van der Waals surface area contributed by atoms with Crippen molar-refractivity contribution in [3.8, 4) is 0 Å². The lowest BCUT2D eigenvalue weighted by molar-refractivity contribution is 0.0911. The second kappa shape index (κ2) is 5.52. The first-order valence-electron chi connectivity index (χ1n) is 7.39. The zero-order chi connectivity index (χ0) is 17.5. The van der Waals surface area contributed by atoms with Gasteiger partial charge in [0.15, 0.2) is 0 Å². The number of carbonyl (C=O) groups excluding carboxylic acids is 3. The van der Waals surface area contributed by atoms with Gasteiger partial charge in [0.1, 0.15) is 12.0 Å². The molecule has 1 N–H and O–H groups in total. The first-order valence-corrected chi connectivity index (χ1v) is 7.39. The Morgan fingerprint density at radius 2 is 1.75 bits per heavy atom. The Labute approximate surface area is 138 Å².